The minimum absolute atomic E-state index is 0.359. The molecular formula is C18H17NO4S. The number of rotatable bonds is 4. The van der Waals surface area contributed by atoms with Crippen molar-refractivity contribution in [2.45, 2.75) is 25.5 Å². The molecule has 1 amide bonds. The lowest BCUT2D eigenvalue weighted by molar-refractivity contribution is -0.139. The van der Waals surface area contributed by atoms with Crippen LogP contribution in [0.25, 0.3) is 0 Å². The maximum absolute atomic E-state index is 12.3. The number of carbonyl (C=O) groups is 2. The Morgan fingerprint density at radius 3 is 2.42 bits per heavy atom. The lowest BCUT2D eigenvalue weighted by Crippen LogP contribution is -2.33. The Morgan fingerprint density at radius 2 is 1.83 bits per heavy atom. The van der Waals surface area contributed by atoms with E-state index in [-0.39, 0.29) is 0 Å². The summed E-state index contributed by atoms with van der Waals surface area (Å²) in [7, 11) is 0. The van der Waals surface area contributed by atoms with Crippen molar-refractivity contribution in [3.8, 4) is 11.8 Å². The summed E-state index contributed by atoms with van der Waals surface area (Å²) < 4.78 is 0. The number of carboxylic acid groups (broad SMARTS) is 1. The molecular weight excluding hydrogens is 326 g/mol. The molecule has 3 N–H and O–H groups in total. The molecule has 1 atom stereocenters. The number of carboxylic acids is 1. The molecule has 124 valence electrons. The zero-order chi connectivity index (χ0) is 17.7. The van der Waals surface area contributed by atoms with Gasteiger partial charge in [0.2, 0.25) is 0 Å². The number of benzene rings is 1. The molecule has 0 aliphatic carbocycles. The zero-order valence-corrected chi connectivity index (χ0v) is 14.1. The molecule has 0 saturated carbocycles. The van der Waals surface area contributed by atoms with Crippen LogP contribution in [0.5, 0.6) is 0 Å². The highest BCUT2D eigenvalue weighted by Gasteiger charge is 2.23. The second-order valence-corrected chi connectivity index (χ2v) is 6.71. The molecule has 0 saturated heterocycles. The largest absolute Gasteiger partial charge is 0.479 e. The van der Waals surface area contributed by atoms with Crippen LogP contribution in [0.3, 0.4) is 0 Å². The van der Waals surface area contributed by atoms with Gasteiger partial charge in [0.15, 0.2) is 6.04 Å². The van der Waals surface area contributed by atoms with E-state index in [4.69, 9.17) is 0 Å². The first-order valence-corrected chi connectivity index (χ1v) is 8.02. The van der Waals surface area contributed by atoms with Crippen molar-refractivity contribution in [3.63, 3.8) is 0 Å². The topological polar surface area (TPSA) is 86.6 Å². The van der Waals surface area contributed by atoms with Crippen LogP contribution >= 0.6 is 11.3 Å². The Bertz CT molecular complexity index is 794. The molecule has 0 unspecified atom stereocenters. The maximum Gasteiger partial charge on any atom is 0.330 e. The van der Waals surface area contributed by atoms with Gasteiger partial charge in [-0.3, -0.25) is 4.79 Å². The van der Waals surface area contributed by atoms with Crippen molar-refractivity contribution in [3.05, 3.63) is 57.8 Å². The SMILES string of the molecule is CC(C)(O)C#Cc1ccc(C(=O)N[C@@H](C(=O)O)c2ccccc2)s1. The van der Waals surface area contributed by atoms with E-state index in [1.165, 1.54) is 0 Å². The average Bonchev–Trinajstić information content (AvgIpc) is 2.99. The highest BCUT2D eigenvalue weighted by atomic mass is 32.1. The van der Waals surface area contributed by atoms with Crippen molar-refractivity contribution in [2.75, 3.05) is 0 Å². The van der Waals surface area contributed by atoms with Crippen molar-refractivity contribution >= 4 is 23.2 Å². The Balaban J connectivity index is 2.15. The number of aliphatic hydroxyl groups is 1. The van der Waals surface area contributed by atoms with Gasteiger partial charge in [-0.1, -0.05) is 42.2 Å². The number of carbonyl (C=O) groups excluding carboxylic acids is 1. The third-order valence-electron chi connectivity index (χ3n) is 2.98. The van der Waals surface area contributed by atoms with Gasteiger partial charge in [-0.2, -0.15) is 0 Å². The standard InChI is InChI=1S/C18H17NO4S/c1-18(2,23)11-10-13-8-9-14(24-13)16(20)19-15(17(21)22)12-6-4-3-5-7-12/h3-9,15,23H,1-2H3,(H,19,20)(H,21,22)/t15-/m1/s1. The van der Waals surface area contributed by atoms with Crippen molar-refractivity contribution in [1.29, 1.82) is 0 Å². The molecule has 1 heterocycles. The molecule has 6 heteroatoms. The number of thiophene rings is 1. The molecule has 1 aromatic heterocycles. The van der Waals surface area contributed by atoms with Gasteiger partial charge in [-0.05, 0) is 31.5 Å². The molecule has 24 heavy (non-hydrogen) atoms. The van der Waals surface area contributed by atoms with E-state index in [2.05, 4.69) is 17.2 Å². The number of hydrogen-bond donors (Lipinski definition) is 3. The summed E-state index contributed by atoms with van der Waals surface area (Å²) in [5.41, 5.74) is -0.620. The Morgan fingerprint density at radius 1 is 1.17 bits per heavy atom. The lowest BCUT2D eigenvalue weighted by Gasteiger charge is -2.14. The van der Waals surface area contributed by atoms with Crippen LogP contribution in [0.4, 0.5) is 0 Å². The molecule has 0 bridgehead atoms. The van der Waals surface area contributed by atoms with Crippen molar-refractivity contribution in [1.82, 2.24) is 5.32 Å². The molecule has 0 radical (unpaired) electrons. The van der Waals surface area contributed by atoms with E-state index < -0.39 is 23.5 Å². The van der Waals surface area contributed by atoms with Gasteiger partial charge in [0.1, 0.15) is 5.60 Å². The number of hydrogen-bond acceptors (Lipinski definition) is 4. The highest BCUT2D eigenvalue weighted by Crippen LogP contribution is 2.19. The van der Waals surface area contributed by atoms with Gasteiger partial charge in [0.05, 0.1) is 9.75 Å². The first kappa shape index (κ1) is 17.7. The second kappa shape index (κ2) is 7.30. The second-order valence-electron chi connectivity index (χ2n) is 5.63. The minimum atomic E-state index is -1.13. The van der Waals surface area contributed by atoms with Crippen LogP contribution in [0.2, 0.25) is 0 Å². The Kier molecular flexibility index (Phi) is 5.39. The molecule has 0 spiro atoms. The third kappa shape index (κ3) is 4.95. The van der Waals surface area contributed by atoms with E-state index in [9.17, 15) is 19.8 Å². The predicted octanol–water partition coefficient (Wildman–Crippen LogP) is 2.43. The minimum Gasteiger partial charge on any atom is -0.479 e. The molecule has 0 aliphatic heterocycles. The van der Waals surface area contributed by atoms with Crippen LogP contribution in [0.15, 0.2) is 42.5 Å². The van der Waals surface area contributed by atoms with Gasteiger partial charge < -0.3 is 15.5 Å². The van der Waals surface area contributed by atoms with E-state index in [1.54, 1.807) is 56.3 Å². The van der Waals surface area contributed by atoms with E-state index in [1.807, 2.05) is 0 Å². The van der Waals surface area contributed by atoms with Crippen LogP contribution in [0, 0.1) is 11.8 Å². The molecule has 2 rings (SSSR count). The number of nitrogens with one attached hydrogen (secondary N) is 1. The molecule has 0 fully saturated rings. The van der Waals surface area contributed by atoms with Gasteiger partial charge in [-0.15, -0.1) is 11.3 Å². The Hall–Kier alpha value is -2.62. The summed E-state index contributed by atoms with van der Waals surface area (Å²) >= 11 is 1.14. The van der Waals surface area contributed by atoms with Gasteiger partial charge >= 0.3 is 5.97 Å². The van der Waals surface area contributed by atoms with Crippen LogP contribution in [-0.2, 0) is 4.79 Å². The third-order valence-corrected chi connectivity index (χ3v) is 3.98. The van der Waals surface area contributed by atoms with Crippen LogP contribution in [0.1, 0.15) is 40.0 Å². The van der Waals surface area contributed by atoms with E-state index in [0.717, 1.165) is 11.3 Å². The summed E-state index contributed by atoms with van der Waals surface area (Å²) in [6.45, 7) is 3.14. The number of amides is 1. The van der Waals surface area contributed by atoms with Crippen molar-refractivity contribution in [2.24, 2.45) is 0 Å². The van der Waals surface area contributed by atoms with Gasteiger partial charge in [0.25, 0.3) is 5.91 Å². The zero-order valence-electron chi connectivity index (χ0n) is 13.2. The molecule has 1 aromatic carbocycles. The lowest BCUT2D eigenvalue weighted by atomic mass is 10.1. The summed E-state index contributed by atoms with van der Waals surface area (Å²) in [4.78, 5) is 24.7. The first-order valence-electron chi connectivity index (χ1n) is 7.20. The quantitative estimate of drug-likeness (QED) is 0.744. The number of aliphatic carboxylic acids is 1. The van der Waals surface area contributed by atoms with Gasteiger partial charge in [-0.25, -0.2) is 4.79 Å². The van der Waals surface area contributed by atoms with Crippen molar-refractivity contribution < 1.29 is 19.8 Å². The van der Waals surface area contributed by atoms with E-state index >= 15 is 0 Å². The highest BCUT2D eigenvalue weighted by molar-refractivity contribution is 7.14. The summed E-state index contributed by atoms with van der Waals surface area (Å²) in [6.07, 6.45) is 0. The Labute approximate surface area is 144 Å². The fourth-order valence-corrected chi connectivity index (χ4v) is 2.64. The van der Waals surface area contributed by atoms with Crippen LogP contribution < -0.4 is 5.32 Å². The average molecular weight is 343 g/mol. The summed E-state index contributed by atoms with van der Waals surface area (Å²) in [5.74, 6) is 3.84. The van der Waals surface area contributed by atoms with Crippen LogP contribution in [-0.4, -0.2) is 27.7 Å². The predicted molar refractivity (Wildman–Crippen MR) is 91.8 cm³/mol. The molecule has 5 nitrogen and oxygen atoms in total. The van der Waals surface area contributed by atoms with Gasteiger partial charge in [0, 0.05) is 0 Å². The summed E-state index contributed by atoms with van der Waals surface area (Å²) in [5, 5.41) is 21.4. The van der Waals surface area contributed by atoms with E-state index in [0.29, 0.717) is 15.3 Å². The molecule has 2 aromatic rings. The fourth-order valence-electron chi connectivity index (χ4n) is 1.88. The summed E-state index contributed by atoms with van der Waals surface area (Å²) in [6, 6.07) is 10.6. The first-order chi connectivity index (χ1) is 11.3. The monoisotopic (exact) mass is 343 g/mol. The molecule has 0 aliphatic rings. The smallest absolute Gasteiger partial charge is 0.330 e. The normalized spacial score (nSPS) is 12.0. The maximum atomic E-state index is 12.3. The fraction of sp³-hybridized carbons (Fsp3) is 0.222.